The second kappa shape index (κ2) is 6.75. The van der Waals surface area contributed by atoms with Crippen LogP contribution in [0.2, 0.25) is 0 Å². The number of benzene rings is 1. The molecule has 0 bridgehead atoms. The van der Waals surface area contributed by atoms with Crippen molar-refractivity contribution in [2.24, 2.45) is 7.05 Å². The van der Waals surface area contributed by atoms with Crippen LogP contribution in [0.3, 0.4) is 0 Å². The van der Waals surface area contributed by atoms with E-state index in [-0.39, 0.29) is 16.5 Å². The van der Waals surface area contributed by atoms with Crippen LogP contribution in [0, 0.1) is 12.3 Å². The largest absolute Gasteiger partial charge is 0.345 e. The second-order valence-electron chi connectivity index (χ2n) is 5.96. The van der Waals surface area contributed by atoms with Gasteiger partial charge >= 0.3 is 0 Å². The van der Waals surface area contributed by atoms with Crippen LogP contribution in [0.5, 0.6) is 0 Å². The molecule has 0 spiro atoms. The Morgan fingerprint density at radius 2 is 1.96 bits per heavy atom. The Kier molecular flexibility index (Phi) is 4.66. The van der Waals surface area contributed by atoms with Crippen LogP contribution >= 0.6 is 0 Å². The summed E-state index contributed by atoms with van der Waals surface area (Å²) in [6.45, 7) is 1.05. The van der Waals surface area contributed by atoms with Crippen molar-refractivity contribution >= 4 is 21.6 Å². The first kappa shape index (κ1) is 17.3. The molecule has 0 atom stereocenters. The van der Waals surface area contributed by atoms with E-state index in [0.29, 0.717) is 24.3 Å². The van der Waals surface area contributed by atoms with Gasteiger partial charge in [0.05, 0.1) is 0 Å². The average Bonchev–Trinajstić information content (AvgIpc) is 3.25. The first-order chi connectivity index (χ1) is 11.9. The van der Waals surface area contributed by atoms with Crippen molar-refractivity contribution < 1.29 is 13.2 Å². The molecule has 2 aromatic rings. The molecule has 1 aliphatic rings. The average molecular weight is 357 g/mol. The van der Waals surface area contributed by atoms with E-state index in [1.807, 2.05) is 0 Å². The zero-order valence-corrected chi connectivity index (χ0v) is 14.7. The Labute approximate surface area is 147 Å². The number of sulfonamides is 1. The van der Waals surface area contributed by atoms with Crippen molar-refractivity contribution in [2.45, 2.75) is 17.7 Å². The summed E-state index contributed by atoms with van der Waals surface area (Å²) in [5.74, 6) is 2.12. The minimum atomic E-state index is -3.55. The van der Waals surface area contributed by atoms with Gasteiger partial charge in [0.15, 0.2) is 0 Å². The third-order valence-corrected chi connectivity index (χ3v) is 6.07. The topological polar surface area (TPSA) is 71.4 Å². The fourth-order valence-electron chi connectivity index (χ4n) is 2.86. The predicted octanol–water partition coefficient (Wildman–Crippen LogP) is 2.04. The number of rotatable bonds is 4. The SMILES string of the molecule is C#Cc1cccc(NC(=O)c2cc(S(=O)(=O)N3CCCC3)cn2C)c1. The summed E-state index contributed by atoms with van der Waals surface area (Å²) in [6.07, 6.45) is 8.56. The minimum Gasteiger partial charge on any atom is -0.345 e. The van der Waals surface area contributed by atoms with E-state index in [4.69, 9.17) is 6.42 Å². The van der Waals surface area contributed by atoms with Crippen LogP contribution < -0.4 is 5.32 Å². The summed E-state index contributed by atoms with van der Waals surface area (Å²) in [5, 5.41) is 2.74. The molecule has 0 saturated carbocycles. The first-order valence-corrected chi connectivity index (χ1v) is 9.40. The standard InChI is InChI=1S/C18H19N3O3S/c1-3-14-7-6-8-15(11-14)19-18(22)17-12-16(13-20(17)2)25(23,24)21-9-4-5-10-21/h1,6-8,11-13H,4-5,9-10H2,2H3,(H,19,22). The van der Waals surface area contributed by atoms with E-state index in [2.05, 4.69) is 11.2 Å². The number of hydrogen-bond acceptors (Lipinski definition) is 3. The molecule has 3 rings (SSSR count). The highest BCUT2D eigenvalue weighted by molar-refractivity contribution is 7.89. The van der Waals surface area contributed by atoms with Crippen molar-refractivity contribution in [1.82, 2.24) is 8.87 Å². The highest BCUT2D eigenvalue weighted by Crippen LogP contribution is 2.23. The molecular formula is C18H19N3O3S. The molecule has 7 heteroatoms. The maximum Gasteiger partial charge on any atom is 0.272 e. The Morgan fingerprint density at radius 1 is 1.24 bits per heavy atom. The van der Waals surface area contributed by atoms with Gasteiger partial charge in [0.25, 0.3) is 5.91 Å². The van der Waals surface area contributed by atoms with Crippen molar-refractivity contribution in [1.29, 1.82) is 0 Å². The number of terminal acetylenes is 1. The molecule has 1 aliphatic heterocycles. The summed E-state index contributed by atoms with van der Waals surface area (Å²) in [4.78, 5) is 12.6. The maximum absolute atomic E-state index is 12.6. The summed E-state index contributed by atoms with van der Waals surface area (Å²) in [7, 11) is -1.90. The summed E-state index contributed by atoms with van der Waals surface area (Å²) in [5.41, 5.74) is 1.48. The van der Waals surface area contributed by atoms with Crippen LogP contribution in [0.25, 0.3) is 0 Å². The summed E-state index contributed by atoms with van der Waals surface area (Å²) < 4.78 is 28.2. The minimum absolute atomic E-state index is 0.138. The van der Waals surface area contributed by atoms with E-state index in [9.17, 15) is 13.2 Å². The molecule has 1 aromatic heterocycles. The fraction of sp³-hybridized carbons (Fsp3) is 0.278. The third-order valence-electron chi connectivity index (χ3n) is 4.20. The molecule has 130 valence electrons. The number of nitrogens with one attached hydrogen (secondary N) is 1. The van der Waals surface area contributed by atoms with Gasteiger partial charge in [0.1, 0.15) is 10.6 Å². The van der Waals surface area contributed by atoms with Crippen molar-refractivity contribution in [3.8, 4) is 12.3 Å². The number of aromatic nitrogens is 1. The number of aryl methyl sites for hydroxylation is 1. The van der Waals surface area contributed by atoms with Gasteiger partial charge in [-0.25, -0.2) is 8.42 Å². The van der Waals surface area contributed by atoms with E-state index < -0.39 is 10.0 Å². The van der Waals surface area contributed by atoms with Gasteiger partial charge in [0, 0.05) is 37.6 Å². The number of anilines is 1. The van der Waals surface area contributed by atoms with Crippen LogP contribution in [-0.2, 0) is 17.1 Å². The lowest BCUT2D eigenvalue weighted by molar-refractivity contribution is 0.101. The molecule has 0 aliphatic carbocycles. The van der Waals surface area contributed by atoms with Gasteiger partial charge in [-0.2, -0.15) is 4.31 Å². The zero-order chi connectivity index (χ0) is 18.0. The quantitative estimate of drug-likeness (QED) is 0.851. The van der Waals surface area contributed by atoms with E-state index in [1.165, 1.54) is 21.1 Å². The number of amides is 1. The molecular weight excluding hydrogens is 338 g/mol. The Morgan fingerprint density at radius 3 is 2.64 bits per heavy atom. The predicted molar refractivity (Wildman–Crippen MR) is 95.7 cm³/mol. The molecule has 0 unspecified atom stereocenters. The molecule has 1 saturated heterocycles. The Balaban J connectivity index is 1.84. The van der Waals surface area contributed by atoms with Crippen LogP contribution in [0.4, 0.5) is 5.69 Å². The molecule has 25 heavy (non-hydrogen) atoms. The van der Waals surface area contributed by atoms with Gasteiger partial charge in [-0.15, -0.1) is 6.42 Å². The summed E-state index contributed by atoms with van der Waals surface area (Å²) in [6, 6.07) is 8.33. The monoisotopic (exact) mass is 357 g/mol. The smallest absolute Gasteiger partial charge is 0.272 e. The van der Waals surface area contributed by atoms with Crippen molar-refractivity contribution in [3.05, 3.63) is 47.8 Å². The van der Waals surface area contributed by atoms with E-state index in [1.54, 1.807) is 31.3 Å². The van der Waals surface area contributed by atoms with Gasteiger partial charge in [-0.3, -0.25) is 4.79 Å². The van der Waals surface area contributed by atoms with E-state index in [0.717, 1.165) is 12.8 Å². The molecule has 1 fully saturated rings. The molecule has 1 N–H and O–H groups in total. The third kappa shape index (κ3) is 3.45. The number of hydrogen-bond donors (Lipinski definition) is 1. The van der Waals surface area contributed by atoms with Crippen molar-refractivity contribution in [2.75, 3.05) is 18.4 Å². The maximum atomic E-state index is 12.6. The van der Waals surface area contributed by atoms with Gasteiger partial charge < -0.3 is 9.88 Å². The Hall–Kier alpha value is -2.56. The van der Waals surface area contributed by atoms with Gasteiger partial charge in [-0.05, 0) is 37.1 Å². The summed E-state index contributed by atoms with van der Waals surface area (Å²) >= 11 is 0. The van der Waals surface area contributed by atoms with Gasteiger partial charge in [-0.1, -0.05) is 12.0 Å². The number of carbonyl (C=O) groups is 1. The molecule has 2 heterocycles. The first-order valence-electron chi connectivity index (χ1n) is 7.96. The normalized spacial score (nSPS) is 15.0. The molecule has 1 amide bonds. The highest BCUT2D eigenvalue weighted by Gasteiger charge is 2.29. The highest BCUT2D eigenvalue weighted by atomic mass is 32.2. The Bertz CT molecular complexity index is 948. The van der Waals surface area contributed by atoms with Crippen LogP contribution in [0.1, 0.15) is 28.9 Å². The lowest BCUT2D eigenvalue weighted by Gasteiger charge is -2.13. The van der Waals surface area contributed by atoms with Crippen LogP contribution in [-0.4, -0.2) is 36.3 Å². The van der Waals surface area contributed by atoms with Crippen LogP contribution in [0.15, 0.2) is 41.4 Å². The molecule has 1 aromatic carbocycles. The number of carbonyl (C=O) groups excluding carboxylic acids is 1. The van der Waals surface area contributed by atoms with Gasteiger partial charge in [0.2, 0.25) is 10.0 Å². The molecule has 6 nitrogen and oxygen atoms in total. The zero-order valence-electron chi connectivity index (χ0n) is 13.9. The lowest BCUT2D eigenvalue weighted by atomic mass is 10.2. The number of nitrogens with zero attached hydrogens (tertiary/aromatic N) is 2. The molecule has 0 radical (unpaired) electrons. The lowest BCUT2D eigenvalue weighted by Crippen LogP contribution is -2.27. The fourth-order valence-corrected chi connectivity index (χ4v) is 4.45. The van der Waals surface area contributed by atoms with Crippen molar-refractivity contribution in [3.63, 3.8) is 0 Å². The van der Waals surface area contributed by atoms with E-state index >= 15 is 0 Å². The second-order valence-corrected chi connectivity index (χ2v) is 7.90.